The molecule has 0 bridgehead atoms. The van der Waals surface area contributed by atoms with Crippen LogP contribution in [0.3, 0.4) is 0 Å². The van der Waals surface area contributed by atoms with E-state index in [0.717, 1.165) is 11.1 Å². The molecule has 1 amide bonds. The van der Waals surface area contributed by atoms with Crippen LogP contribution in [0.5, 0.6) is 11.5 Å². The Morgan fingerprint density at radius 1 is 1.28 bits per heavy atom. The summed E-state index contributed by atoms with van der Waals surface area (Å²) in [5.41, 5.74) is 7.83. The Balaban J connectivity index is 1.96. The zero-order chi connectivity index (χ0) is 18.2. The summed E-state index contributed by atoms with van der Waals surface area (Å²) in [5.74, 6) is 0.924. The largest absolute Gasteiger partial charge is 0.493 e. The van der Waals surface area contributed by atoms with Crippen LogP contribution in [0.2, 0.25) is 5.02 Å². The topological polar surface area (TPSA) is 73.6 Å². The molecule has 6 heteroatoms. The van der Waals surface area contributed by atoms with E-state index in [2.05, 4.69) is 5.32 Å². The number of rotatable bonds is 8. The van der Waals surface area contributed by atoms with Gasteiger partial charge in [-0.1, -0.05) is 41.9 Å². The third-order valence-electron chi connectivity index (χ3n) is 3.70. The molecule has 0 saturated heterocycles. The second-order valence-electron chi connectivity index (χ2n) is 5.54. The molecule has 0 spiro atoms. The van der Waals surface area contributed by atoms with E-state index in [1.165, 1.54) is 0 Å². The van der Waals surface area contributed by atoms with Crippen LogP contribution in [0.15, 0.2) is 42.5 Å². The second kappa shape index (κ2) is 9.30. The van der Waals surface area contributed by atoms with Crippen molar-refractivity contribution in [3.63, 3.8) is 0 Å². The fraction of sp³-hybridized carbons (Fsp3) is 0.316. The number of carbonyl (C=O) groups is 1. The van der Waals surface area contributed by atoms with Gasteiger partial charge in [0.05, 0.1) is 18.7 Å². The van der Waals surface area contributed by atoms with E-state index in [4.69, 9.17) is 26.8 Å². The molecule has 134 valence electrons. The number of hydrogen-bond acceptors (Lipinski definition) is 4. The standard InChI is InChI=1S/C19H23ClN2O3/c1-3-25-19-15(20)9-13(10-17(19)24-2)12-22-18(23)11-16(21)14-7-5-4-6-8-14/h4-10,16H,3,11-12,21H2,1-2H3,(H,22,23). The summed E-state index contributed by atoms with van der Waals surface area (Å²) in [6.07, 6.45) is 0.214. The highest BCUT2D eigenvalue weighted by atomic mass is 35.5. The summed E-state index contributed by atoms with van der Waals surface area (Å²) in [6.45, 7) is 2.70. The van der Waals surface area contributed by atoms with Crippen molar-refractivity contribution in [2.24, 2.45) is 5.73 Å². The van der Waals surface area contributed by atoms with Crippen LogP contribution in [-0.4, -0.2) is 19.6 Å². The number of nitrogens with one attached hydrogen (secondary N) is 1. The van der Waals surface area contributed by atoms with Crippen LogP contribution in [0.25, 0.3) is 0 Å². The van der Waals surface area contributed by atoms with Gasteiger partial charge in [-0.15, -0.1) is 0 Å². The summed E-state index contributed by atoms with van der Waals surface area (Å²) in [7, 11) is 1.55. The Morgan fingerprint density at radius 3 is 2.64 bits per heavy atom. The van der Waals surface area contributed by atoms with Crippen molar-refractivity contribution in [3.05, 3.63) is 58.6 Å². The Hall–Kier alpha value is -2.24. The molecule has 0 fully saturated rings. The lowest BCUT2D eigenvalue weighted by molar-refractivity contribution is -0.121. The van der Waals surface area contributed by atoms with Crippen LogP contribution in [0.4, 0.5) is 0 Å². The molecule has 1 atom stereocenters. The number of carbonyl (C=O) groups excluding carboxylic acids is 1. The molecule has 0 aliphatic heterocycles. The van der Waals surface area contributed by atoms with E-state index < -0.39 is 0 Å². The molecule has 1 unspecified atom stereocenters. The monoisotopic (exact) mass is 362 g/mol. The number of amides is 1. The highest BCUT2D eigenvalue weighted by molar-refractivity contribution is 6.32. The summed E-state index contributed by atoms with van der Waals surface area (Å²) in [5, 5.41) is 3.31. The van der Waals surface area contributed by atoms with E-state index in [1.54, 1.807) is 19.2 Å². The Labute approximate surface area is 153 Å². The second-order valence-corrected chi connectivity index (χ2v) is 5.95. The molecule has 25 heavy (non-hydrogen) atoms. The number of halogens is 1. The van der Waals surface area contributed by atoms with Crippen molar-refractivity contribution in [1.82, 2.24) is 5.32 Å². The molecule has 0 aliphatic carbocycles. The Kier molecular flexibility index (Phi) is 7.10. The van der Waals surface area contributed by atoms with Crippen LogP contribution in [0, 0.1) is 0 Å². The number of benzene rings is 2. The quantitative estimate of drug-likeness (QED) is 0.754. The average molecular weight is 363 g/mol. The Morgan fingerprint density at radius 2 is 2.00 bits per heavy atom. The van der Waals surface area contributed by atoms with Crippen molar-refractivity contribution >= 4 is 17.5 Å². The van der Waals surface area contributed by atoms with Crippen LogP contribution in [-0.2, 0) is 11.3 Å². The van der Waals surface area contributed by atoms with Crippen LogP contribution < -0.4 is 20.5 Å². The zero-order valence-corrected chi connectivity index (χ0v) is 15.2. The summed E-state index contributed by atoms with van der Waals surface area (Å²) >= 11 is 6.23. The fourth-order valence-corrected chi connectivity index (χ4v) is 2.74. The minimum atomic E-state index is -0.334. The van der Waals surface area contributed by atoms with Gasteiger partial charge in [-0.25, -0.2) is 0 Å². The maximum absolute atomic E-state index is 12.1. The Bertz CT molecular complexity index is 707. The molecule has 0 aromatic heterocycles. The van der Waals surface area contributed by atoms with E-state index in [0.29, 0.717) is 29.7 Å². The predicted molar refractivity (Wildman–Crippen MR) is 99.0 cm³/mol. The van der Waals surface area contributed by atoms with Gasteiger partial charge in [0.1, 0.15) is 0 Å². The van der Waals surface area contributed by atoms with Gasteiger partial charge >= 0.3 is 0 Å². The van der Waals surface area contributed by atoms with Crippen molar-refractivity contribution in [2.75, 3.05) is 13.7 Å². The van der Waals surface area contributed by atoms with Crippen molar-refractivity contribution in [1.29, 1.82) is 0 Å². The average Bonchev–Trinajstić information content (AvgIpc) is 2.62. The summed E-state index contributed by atoms with van der Waals surface area (Å²) in [6, 6.07) is 12.8. The third-order valence-corrected chi connectivity index (χ3v) is 3.98. The van der Waals surface area contributed by atoms with Crippen molar-refractivity contribution < 1.29 is 14.3 Å². The first-order valence-electron chi connectivity index (χ1n) is 8.11. The number of ether oxygens (including phenoxy) is 2. The minimum Gasteiger partial charge on any atom is -0.493 e. The lowest BCUT2D eigenvalue weighted by Gasteiger charge is -2.15. The van der Waals surface area contributed by atoms with Gasteiger partial charge in [-0.2, -0.15) is 0 Å². The maximum Gasteiger partial charge on any atom is 0.222 e. The minimum absolute atomic E-state index is 0.125. The lowest BCUT2D eigenvalue weighted by Crippen LogP contribution is -2.27. The smallest absolute Gasteiger partial charge is 0.222 e. The molecule has 0 radical (unpaired) electrons. The molecule has 5 nitrogen and oxygen atoms in total. The maximum atomic E-state index is 12.1. The lowest BCUT2D eigenvalue weighted by atomic mass is 10.0. The van der Waals surface area contributed by atoms with Gasteiger partial charge < -0.3 is 20.5 Å². The number of nitrogens with two attached hydrogens (primary N) is 1. The van der Waals surface area contributed by atoms with Gasteiger partial charge in [0.15, 0.2) is 11.5 Å². The third kappa shape index (κ3) is 5.37. The van der Waals surface area contributed by atoms with Gasteiger partial charge in [0.25, 0.3) is 0 Å². The van der Waals surface area contributed by atoms with Crippen molar-refractivity contribution in [3.8, 4) is 11.5 Å². The fourth-order valence-electron chi connectivity index (χ4n) is 2.45. The first kappa shape index (κ1) is 19.1. The van der Waals surface area contributed by atoms with Gasteiger partial charge in [-0.05, 0) is 30.2 Å². The highest BCUT2D eigenvalue weighted by Crippen LogP contribution is 2.36. The molecule has 0 aliphatic rings. The molecule has 0 saturated carbocycles. The van der Waals surface area contributed by atoms with Gasteiger partial charge in [0, 0.05) is 19.0 Å². The molecule has 3 N–H and O–H groups in total. The zero-order valence-electron chi connectivity index (χ0n) is 14.4. The normalized spacial score (nSPS) is 11.7. The molecular weight excluding hydrogens is 340 g/mol. The predicted octanol–water partition coefficient (Wildman–Crippen LogP) is 3.45. The SMILES string of the molecule is CCOc1c(Cl)cc(CNC(=O)CC(N)c2ccccc2)cc1OC. The highest BCUT2D eigenvalue weighted by Gasteiger charge is 2.14. The van der Waals surface area contributed by atoms with E-state index in [-0.39, 0.29) is 18.4 Å². The molecule has 2 aromatic rings. The van der Waals surface area contributed by atoms with Crippen LogP contribution >= 0.6 is 11.6 Å². The number of hydrogen-bond donors (Lipinski definition) is 2. The first-order valence-corrected chi connectivity index (χ1v) is 8.49. The molecule has 2 rings (SSSR count). The van der Waals surface area contributed by atoms with E-state index in [9.17, 15) is 4.79 Å². The summed E-state index contributed by atoms with van der Waals surface area (Å²) < 4.78 is 10.8. The molecule has 0 heterocycles. The van der Waals surface area contributed by atoms with Gasteiger partial charge in [-0.3, -0.25) is 4.79 Å². The van der Waals surface area contributed by atoms with Crippen molar-refractivity contribution in [2.45, 2.75) is 25.9 Å². The molecule has 2 aromatic carbocycles. The van der Waals surface area contributed by atoms with E-state index >= 15 is 0 Å². The van der Waals surface area contributed by atoms with Gasteiger partial charge in [0.2, 0.25) is 5.91 Å². The van der Waals surface area contributed by atoms with E-state index in [1.807, 2.05) is 37.3 Å². The van der Waals surface area contributed by atoms with Crippen LogP contribution in [0.1, 0.15) is 30.5 Å². The summed E-state index contributed by atoms with van der Waals surface area (Å²) in [4.78, 5) is 12.1. The molecular formula is C19H23ClN2O3. The number of methoxy groups -OCH3 is 1. The first-order chi connectivity index (χ1) is 12.0.